The zero-order valence-corrected chi connectivity index (χ0v) is 10.8. The van der Waals surface area contributed by atoms with E-state index >= 15 is 0 Å². The second-order valence-corrected chi connectivity index (χ2v) is 4.94. The number of aromatic carboxylic acids is 1. The molecule has 0 radical (unpaired) electrons. The third-order valence-electron chi connectivity index (χ3n) is 3.52. The quantitative estimate of drug-likeness (QED) is 0.895. The predicted molar refractivity (Wildman–Crippen MR) is 68.5 cm³/mol. The van der Waals surface area contributed by atoms with E-state index in [2.05, 4.69) is 5.32 Å². The maximum atomic E-state index is 13.2. The van der Waals surface area contributed by atoms with Gasteiger partial charge in [-0.2, -0.15) is 0 Å². The second-order valence-electron chi connectivity index (χ2n) is 4.94. The summed E-state index contributed by atoms with van der Waals surface area (Å²) in [4.78, 5) is 23.0. The Balaban J connectivity index is 2.21. The largest absolute Gasteiger partial charge is 0.478 e. The number of hydrogen-bond acceptors (Lipinski definition) is 2. The molecule has 0 spiro atoms. The van der Waals surface area contributed by atoms with Gasteiger partial charge in [0.15, 0.2) is 11.6 Å². The van der Waals surface area contributed by atoms with Gasteiger partial charge in [0, 0.05) is 12.0 Å². The van der Waals surface area contributed by atoms with Crippen LogP contribution in [0.15, 0.2) is 12.1 Å². The van der Waals surface area contributed by atoms with Gasteiger partial charge in [0.1, 0.15) is 0 Å². The lowest BCUT2D eigenvalue weighted by atomic mass is 9.88. The summed E-state index contributed by atoms with van der Waals surface area (Å²) in [7, 11) is 0. The Morgan fingerprint density at radius 3 is 2.30 bits per heavy atom. The average molecular weight is 283 g/mol. The molecule has 1 aliphatic rings. The summed E-state index contributed by atoms with van der Waals surface area (Å²) < 4.78 is 26.3. The minimum absolute atomic E-state index is 0.196. The molecule has 0 saturated heterocycles. The average Bonchev–Trinajstić information content (AvgIpc) is 2.43. The first-order valence-corrected chi connectivity index (χ1v) is 6.52. The van der Waals surface area contributed by atoms with E-state index in [1.165, 1.54) is 0 Å². The fraction of sp³-hybridized carbons (Fsp3) is 0.429. The van der Waals surface area contributed by atoms with E-state index in [4.69, 9.17) is 5.11 Å². The highest BCUT2D eigenvalue weighted by Crippen LogP contribution is 2.26. The maximum absolute atomic E-state index is 13.2. The minimum Gasteiger partial charge on any atom is -0.478 e. The van der Waals surface area contributed by atoms with Crippen LogP contribution in [0.1, 0.15) is 42.5 Å². The number of nitrogens with one attached hydrogen (secondary N) is 1. The highest BCUT2D eigenvalue weighted by Gasteiger charge is 2.23. The zero-order valence-electron chi connectivity index (χ0n) is 10.8. The summed E-state index contributed by atoms with van der Waals surface area (Å²) in [6.07, 6.45) is 4.44. The number of amides is 1. The van der Waals surface area contributed by atoms with E-state index in [0.29, 0.717) is 12.1 Å². The van der Waals surface area contributed by atoms with Crippen molar-refractivity contribution in [1.29, 1.82) is 0 Å². The van der Waals surface area contributed by atoms with Crippen molar-refractivity contribution in [3.63, 3.8) is 0 Å². The smallest absolute Gasteiger partial charge is 0.337 e. The van der Waals surface area contributed by atoms with E-state index in [0.717, 1.165) is 32.1 Å². The van der Waals surface area contributed by atoms with Crippen molar-refractivity contribution < 1.29 is 23.5 Å². The Bertz CT molecular complexity index is 539. The summed E-state index contributed by atoms with van der Waals surface area (Å²) in [6.45, 7) is 0. The molecular formula is C14H15F2NO3. The van der Waals surface area contributed by atoms with Gasteiger partial charge in [-0.15, -0.1) is 0 Å². The van der Waals surface area contributed by atoms with Gasteiger partial charge in [-0.1, -0.05) is 19.3 Å². The lowest BCUT2D eigenvalue weighted by Gasteiger charge is -2.21. The van der Waals surface area contributed by atoms with E-state index in [1.807, 2.05) is 0 Å². The molecule has 1 aromatic rings. The van der Waals surface area contributed by atoms with E-state index in [1.54, 1.807) is 0 Å². The first kappa shape index (κ1) is 14.4. The van der Waals surface area contributed by atoms with Crippen LogP contribution in [0.3, 0.4) is 0 Å². The lowest BCUT2D eigenvalue weighted by Crippen LogP contribution is -2.25. The summed E-state index contributed by atoms with van der Waals surface area (Å²) in [5.41, 5.74) is -0.653. The topological polar surface area (TPSA) is 66.4 Å². The van der Waals surface area contributed by atoms with E-state index in [-0.39, 0.29) is 17.5 Å². The highest BCUT2D eigenvalue weighted by atomic mass is 19.2. The molecule has 1 fully saturated rings. The van der Waals surface area contributed by atoms with Crippen LogP contribution in [0.25, 0.3) is 0 Å². The molecule has 0 aromatic heterocycles. The molecule has 108 valence electrons. The molecular weight excluding hydrogens is 268 g/mol. The molecule has 0 heterocycles. The highest BCUT2D eigenvalue weighted by molar-refractivity contribution is 6.01. The number of carbonyl (C=O) groups excluding carboxylic acids is 1. The number of rotatable bonds is 3. The predicted octanol–water partition coefficient (Wildman–Crippen LogP) is 3.18. The van der Waals surface area contributed by atoms with E-state index < -0.39 is 23.2 Å². The molecule has 20 heavy (non-hydrogen) atoms. The summed E-state index contributed by atoms with van der Waals surface area (Å²) in [5, 5.41) is 11.4. The van der Waals surface area contributed by atoms with Crippen molar-refractivity contribution in [3.8, 4) is 0 Å². The Hall–Kier alpha value is -1.98. The number of carboxylic acid groups (broad SMARTS) is 1. The molecule has 1 saturated carbocycles. The summed E-state index contributed by atoms with van der Waals surface area (Å²) in [5.74, 6) is -4.38. The summed E-state index contributed by atoms with van der Waals surface area (Å²) in [6, 6.07) is 1.29. The third kappa shape index (κ3) is 3.12. The number of halogens is 2. The van der Waals surface area contributed by atoms with Crippen molar-refractivity contribution in [2.75, 3.05) is 5.32 Å². The van der Waals surface area contributed by atoms with Crippen LogP contribution in [0.2, 0.25) is 0 Å². The van der Waals surface area contributed by atoms with Crippen LogP contribution in [-0.2, 0) is 4.79 Å². The first-order chi connectivity index (χ1) is 9.49. The Morgan fingerprint density at radius 2 is 1.70 bits per heavy atom. The van der Waals surface area contributed by atoms with Crippen LogP contribution in [0.5, 0.6) is 0 Å². The van der Waals surface area contributed by atoms with Crippen molar-refractivity contribution in [1.82, 2.24) is 0 Å². The molecule has 2 rings (SSSR count). The number of carboxylic acids is 1. The van der Waals surface area contributed by atoms with Crippen molar-refractivity contribution in [2.45, 2.75) is 32.1 Å². The van der Waals surface area contributed by atoms with Crippen molar-refractivity contribution in [3.05, 3.63) is 29.3 Å². The zero-order chi connectivity index (χ0) is 14.7. The third-order valence-corrected chi connectivity index (χ3v) is 3.52. The Morgan fingerprint density at radius 1 is 1.10 bits per heavy atom. The van der Waals surface area contributed by atoms with Gasteiger partial charge in [0.05, 0.1) is 11.3 Å². The molecule has 0 aliphatic heterocycles. The van der Waals surface area contributed by atoms with Crippen LogP contribution in [0.4, 0.5) is 14.5 Å². The number of carbonyl (C=O) groups is 2. The van der Waals surface area contributed by atoms with Crippen LogP contribution in [-0.4, -0.2) is 17.0 Å². The standard InChI is InChI=1S/C14H15F2NO3/c15-10-6-9(14(19)20)12(7-11(10)16)17-13(18)8-4-2-1-3-5-8/h6-8H,1-5H2,(H,17,18)(H,19,20). The van der Waals surface area contributed by atoms with Gasteiger partial charge in [-0.25, -0.2) is 13.6 Å². The number of benzene rings is 1. The van der Waals surface area contributed by atoms with Crippen molar-refractivity contribution in [2.24, 2.45) is 5.92 Å². The normalized spacial score (nSPS) is 15.9. The molecule has 4 nitrogen and oxygen atoms in total. The summed E-state index contributed by atoms with van der Waals surface area (Å²) >= 11 is 0. The van der Waals surface area contributed by atoms with Gasteiger partial charge in [-0.05, 0) is 18.9 Å². The second kappa shape index (κ2) is 5.98. The van der Waals surface area contributed by atoms with Crippen LogP contribution >= 0.6 is 0 Å². The first-order valence-electron chi connectivity index (χ1n) is 6.52. The molecule has 0 bridgehead atoms. The van der Waals surface area contributed by atoms with Crippen LogP contribution in [0, 0.1) is 17.6 Å². The fourth-order valence-electron chi connectivity index (χ4n) is 2.43. The van der Waals surface area contributed by atoms with E-state index in [9.17, 15) is 18.4 Å². The minimum atomic E-state index is -1.41. The SMILES string of the molecule is O=C(O)c1cc(F)c(F)cc1NC(=O)C1CCCCC1. The fourth-order valence-corrected chi connectivity index (χ4v) is 2.43. The maximum Gasteiger partial charge on any atom is 0.337 e. The van der Waals surface area contributed by atoms with Gasteiger partial charge in [0.25, 0.3) is 0 Å². The molecule has 1 aromatic carbocycles. The number of hydrogen-bond donors (Lipinski definition) is 2. The van der Waals surface area contributed by atoms with Gasteiger partial charge in [0.2, 0.25) is 5.91 Å². The molecule has 1 aliphatic carbocycles. The molecule has 0 atom stereocenters. The van der Waals surface area contributed by atoms with Gasteiger partial charge in [-0.3, -0.25) is 4.79 Å². The Kier molecular flexibility index (Phi) is 4.32. The molecule has 2 N–H and O–H groups in total. The Labute approximate surface area is 114 Å². The van der Waals surface area contributed by atoms with Crippen LogP contribution < -0.4 is 5.32 Å². The monoisotopic (exact) mass is 283 g/mol. The molecule has 0 unspecified atom stereocenters. The van der Waals surface area contributed by atoms with Crippen molar-refractivity contribution >= 4 is 17.6 Å². The van der Waals surface area contributed by atoms with Gasteiger partial charge >= 0.3 is 5.97 Å². The molecule has 1 amide bonds. The number of anilines is 1. The lowest BCUT2D eigenvalue weighted by molar-refractivity contribution is -0.120. The molecule has 6 heteroatoms. The van der Waals surface area contributed by atoms with Gasteiger partial charge < -0.3 is 10.4 Å².